The van der Waals surface area contributed by atoms with Crippen LogP contribution in [-0.2, 0) is 4.79 Å². The van der Waals surface area contributed by atoms with Crippen molar-refractivity contribution in [3.63, 3.8) is 0 Å². The van der Waals surface area contributed by atoms with E-state index in [9.17, 15) is 9.90 Å². The number of ketones is 1. The lowest BCUT2D eigenvalue weighted by atomic mass is 10.0. The van der Waals surface area contributed by atoms with Gasteiger partial charge in [-0.25, -0.2) is 0 Å². The Labute approximate surface area is 386 Å². The van der Waals surface area contributed by atoms with Crippen LogP contribution in [0.2, 0.25) is 0 Å². The van der Waals surface area contributed by atoms with Crippen LogP contribution in [0.3, 0.4) is 0 Å². The van der Waals surface area contributed by atoms with Crippen LogP contribution in [0.4, 0.5) is 0 Å². The van der Waals surface area contributed by atoms with E-state index >= 15 is 0 Å². The van der Waals surface area contributed by atoms with Crippen molar-refractivity contribution in [3.8, 4) is 23.0 Å². The lowest BCUT2D eigenvalue weighted by molar-refractivity contribution is -0.110. The molecule has 6 nitrogen and oxygen atoms in total. The number of ether oxygens (including phenoxy) is 4. The summed E-state index contributed by atoms with van der Waals surface area (Å²) in [6.07, 6.45) is 50.6. The van der Waals surface area contributed by atoms with Gasteiger partial charge in [0.25, 0.3) is 0 Å². The third-order valence-electron chi connectivity index (χ3n) is 12.1. The van der Waals surface area contributed by atoms with E-state index < -0.39 is 0 Å². The molecule has 0 amide bonds. The van der Waals surface area contributed by atoms with E-state index in [1.54, 1.807) is 26.4 Å². The fraction of sp³-hybridized carbons (Fsp3) is 0.667. The molecule has 0 heterocycles. The molecule has 0 atom stereocenters. The summed E-state index contributed by atoms with van der Waals surface area (Å²) in [6, 6.07) is 11.3. The van der Waals surface area contributed by atoms with Crippen molar-refractivity contribution >= 4 is 17.9 Å². The molecule has 63 heavy (non-hydrogen) atoms. The third-order valence-corrected chi connectivity index (χ3v) is 12.1. The summed E-state index contributed by atoms with van der Waals surface area (Å²) >= 11 is 0. The van der Waals surface area contributed by atoms with Crippen LogP contribution in [0.5, 0.6) is 23.0 Å². The first-order valence-electron chi connectivity index (χ1n) is 25.9. The average Bonchev–Trinajstić information content (AvgIpc) is 3.30. The van der Waals surface area contributed by atoms with Crippen molar-refractivity contribution < 1.29 is 28.8 Å². The molecule has 0 saturated carbocycles. The van der Waals surface area contributed by atoms with E-state index in [-0.39, 0.29) is 11.5 Å². The fourth-order valence-electron chi connectivity index (χ4n) is 8.08. The number of carbonyl (C=O) groups excluding carboxylic acids is 1. The summed E-state index contributed by atoms with van der Waals surface area (Å²) in [5.74, 6) is 2.23. The maximum Gasteiger partial charge on any atom is 0.182 e. The lowest BCUT2D eigenvalue weighted by Crippen LogP contribution is -1.99. The van der Waals surface area contributed by atoms with Gasteiger partial charge in [-0.15, -0.1) is 0 Å². The molecule has 0 spiro atoms. The maximum atomic E-state index is 12.6. The Bertz CT molecular complexity index is 1490. The topological polar surface area (TPSA) is 74.2 Å². The summed E-state index contributed by atoms with van der Waals surface area (Å²) in [5, 5.41) is 10.5. The number of aliphatic hydroxyl groups excluding tert-OH is 1. The summed E-state index contributed by atoms with van der Waals surface area (Å²) in [6.45, 7) is 5.88. The van der Waals surface area contributed by atoms with Gasteiger partial charge < -0.3 is 24.1 Å². The summed E-state index contributed by atoms with van der Waals surface area (Å²) in [4.78, 5) is 12.6. The van der Waals surface area contributed by atoms with E-state index in [1.165, 1.54) is 211 Å². The van der Waals surface area contributed by atoms with Gasteiger partial charge in [0, 0.05) is 6.08 Å². The molecule has 0 radical (unpaired) electrons. The fourth-order valence-corrected chi connectivity index (χ4v) is 8.08. The summed E-state index contributed by atoms with van der Waals surface area (Å²) in [5.41, 5.74) is 1.64. The maximum absolute atomic E-state index is 12.6. The van der Waals surface area contributed by atoms with Gasteiger partial charge >= 0.3 is 0 Å². The van der Waals surface area contributed by atoms with Gasteiger partial charge in [-0.3, -0.25) is 4.79 Å². The molecule has 0 unspecified atom stereocenters. The second-order valence-corrected chi connectivity index (χ2v) is 17.8. The minimum absolute atomic E-state index is 0.136. The molecular formula is C57H92O6. The van der Waals surface area contributed by atoms with Gasteiger partial charge in [-0.1, -0.05) is 231 Å². The van der Waals surface area contributed by atoms with Crippen LogP contribution >= 0.6 is 0 Å². The molecule has 356 valence electrons. The third kappa shape index (κ3) is 30.2. The van der Waals surface area contributed by atoms with Crippen LogP contribution in [0, 0.1) is 0 Å². The molecule has 2 aromatic carbocycles. The highest BCUT2D eigenvalue weighted by atomic mass is 16.5. The lowest BCUT2D eigenvalue weighted by Gasteiger charge is -2.11. The molecule has 0 aliphatic heterocycles. The second kappa shape index (κ2) is 39.9. The molecule has 0 saturated heterocycles. The number of carbonyl (C=O) groups is 1. The van der Waals surface area contributed by atoms with E-state index in [4.69, 9.17) is 18.9 Å². The first kappa shape index (κ1) is 55.5. The van der Waals surface area contributed by atoms with Gasteiger partial charge in [0.15, 0.2) is 28.8 Å². The Morgan fingerprint density at radius 1 is 0.429 bits per heavy atom. The van der Waals surface area contributed by atoms with Gasteiger partial charge in [0.05, 0.1) is 27.4 Å². The molecule has 0 bridgehead atoms. The summed E-state index contributed by atoms with van der Waals surface area (Å²) in [7, 11) is 3.26. The Hall–Kier alpha value is -3.67. The Morgan fingerprint density at radius 2 is 0.730 bits per heavy atom. The van der Waals surface area contributed by atoms with Crippen molar-refractivity contribution in [2.45, 2.75) is 219 Å². The normalized spacial score (nSPS) is 11.8. The predicted octanol–water partition coefficient (Wildman–Crippen LogP) is 17.7. The Morgan fingerprint density at radius 3 is 1.05 bits per heavy atom. The van der Waals surface area contributed by atoms with E-state index in [1.807, 2.05) is 36.4 Å². The van der Waals surface area contributed by atoms with Gasteiger partial charge in [-0.05, 0) is 60.4 Å². The zero-order valence-electron chi connectivity index (χ0n) is 40.9. The van der Waals surface area contributed by atoms with Gasteiger partial charge in [-0.2, -0.15) is 0 Å². The number of hydrogen-bond donors (Lipinski definition) is 1. The van der Waals surface area contributed by atoms with Crippen molar-refractivity contribution in [1.29, 1.82) is 0 Å². The largest absolute Gasteiger partial charge is 0.508 e. The quantitative estimate of drug-likeness (QED) is 0.0310. The van der Waals surface area contributed by atoms with Crippen LogP contribution < -0.4 is 18.9 Å². The SMILES string of the molecule is CCCCCCCCCCCCCCCCCCOc1ccc(/C=C/C(=O)/C=C(O)/C=C/c2ccc(OCCCCCCCCCCCCCCCCCC)c(OC)c2)cc1OC. The molecule has 6 heteroatoms. The van der Waals surface area contributed by atoms with Gasteiger partial charge in [0.1, 0.15) is 5.76 Å². The molecule has 2 rings (SSSR count). The number of unbranched alkanes of at least 4 members (excludes halogenated alkanes) is 30. The second-order valence-electron chi connectivity index (χ2n) is 17.8. The van der Waals surface area contributed by atoms with E-state index in [2.05, 4.69) is 13.8 Å². The van der Waals surface area contributed by atoms with Crippen LogP contribution in [-0.4, -0.2) is 38.3 Å². The van der Waals surface area contributed by atoms with Crippen LogP contribution in [0.25, 0.3) is 12.2 Å². The first-order valence-corrected chi connectivity index (χ1v) is 25.9. The molecule has 0 aromatic heterocycles. The monoisotopic (exact) mass is 873 g/mol. The molecule has 0 aliphatic rings. The number of benzene rings is 2. The molecule has 1 N–H and O–H groups in total. The highest BCUT2D eigenvalue weighted by Gasteiger charge is 2.07. The smallest absolute Gasteiger partial charge is 0.182 e. The molecular weight excluding hydrogens is 781 g/mol. The van der Waals surface area contributed by atoms with Crippen molar-refractivity contribution in [2.24, 2.45) is 0 Å². The standard InChI is InChI=1S/C57H92O6/c1-5-7-9-11-13-15-17-19-21-23-25-27-29-31-33-35-45-62-54-43-39-50(47-56(54)60-3)37-41-52(58)49-53(59)42-38-51-40-44-55(57(48-51)61-4)63-46-36-34-32-30-28-26-24-22-20-18-16-14-12-10-8-6-2/h37-44,47-49,58H,5-36,45-46H2,1-4H3/b41-37+,42-38+,52-49-. The number of rotatable bonds is 43. The minimum Gasteiger partial charge on any atom is -0.508 e. The van der Waals surface area contributed by atoms with Crippen LogP contribution in [0.15, 0.2) is 60.4 Å². The number of methoxy groups -OCH3 is 2. The van der Waals surface area contributed by atoms with Crippen molar-refractivity contribution in [1.82, 2.24) is 0 Å². The Balaban J connectivity index is 1.59. The molecule has 0 fully saturated rings. The van der Waals surface area contributed by atoms with Gasteiger partial charge in [0.2, 0.25) is 0 Å². The van der Waals surface area contributed by atoms with E-state index in [0.717, 1.165) is 24.0 Å². The minimum atomic E-state index is -0.324. The molecule has 0 aliphatic carbocycles. The Kier molecular flexibility index (Phi) is 35.1. The van der Waals surface area contributed by atoms with E-state index in [0.29, 0.717) is 36.2 Å². The summed E-state index contributed by atoms with van der Waals surface area (Å²) < 4.78 is 23.3. The average molecular weight is 873 g/mol. The number of allylic oxidation sites excluding steroid dienone is 3. The zero-order chi connectivity index (χ0) is 45.3. The number of aliphatic hydroxyl groups is 1. The zero-order valence-corrected chi connectivity index (χ0v) is 40.9. The molecule has 2 aromatic rings. The van der Waals surface area contributed by atoms with Crippen molar-refractivity contribution in [3.05, 3.63) is 71.5 Å². The highest BCUT2D eigenvalue weighted by molar-refractivity contribution is 6.02. The predicted molar refractivity (Wildman–Crippen MR) is 270 cm³/mol. The van der Waals surface area contributed by atoms with Crippen molar-refractivity contribution in [2.75, 3.05) is 27.4 Å². The first-order chi connectivity index (χ1) is 31.0. The number of hydrogen-bond acceptors (Lipinski definition) is 6. The highest BCUT2D eigenvalue weighted by Crippen LogP contribution is 2.30. The van der Waals surface area contributed by atoms with Crippen LogP contribution in [0.1, 0.15) is 230 Å².